The molecule has 0 aliphatic heterocycles. The van der Waals surface area contributed by atoms with Crippen LogP contribution in [0.4, 0.5) is 13.2 Å². The van der Waals surface area contributed by atoms with Crippen molar-refractivity contribution in [1.29, 1.82) is 0 Å². The van der Waals surface area contributed by atoms with Crippen LogP contribution in [0.5, 0.6) is 5.75 Å². The maximum atomic E-state index is 12.5. The van der Waals surface area contributed by atoms with Crippen LogP contribution >= 0.6 is 0 Å². The molecule has 0 heterocycles. The average Bonchev–Trinajstić information content (AvgIpc) is 2.58. The summed E-state index contributed by atoms with van der Waals surface area (Å²) in [6.07, 6.45) is -4.27. The minimum absolute atomic E-state index is 0.106. The van der Waals surface area contributed by atoms with E-state index < -0.39 is 22.1 Å². The summed E-state index contributed by atoms with van der Waals surface area (Å²) >= 11 is 0. The van der Waals surface area contributed by atoms with E-state index in [1.165, 1.54) is 12.1 Å². The quantitative estimate of drug-likeness (QED) is 0.738. The predicted octanol–water partition coefficient (Wildman–Crippen LogP) is 3.04. The molecule has 9 heteroatoms. The zero-order valence-electron chi connectivity index (χ0n) is 14.9. The molecule has 1 atom stereocenters. The Hall–Kier alpha value is -2.10. The summed E-state index contributed by atoms with van der Waals surface area (Å²) in [6, 6.07) is 13.8. The zero-order chi connectivity index (χ0) is 20.1. The number of benzene rings is 2. The highest BCUT2D eigenvalue weighted by Gasteiger charge is 2.31. The molecule has 2 aromatic rings. The molecule has 0 amide bonds. The lowest BCUT2D eigenvalue weighted by atomic mass is 10.1. The second-order valence-corrected chi connectivity index (χ2v) is 7.95. The second kappa shape index (κ2) is 8.73. The first-order valence-corrected chi connectivity index (χ1v) is 9.61. The second-order valence-electron chi connectivity index (χ2n) is 6.18. The van der Waals surface area contributed by atoms with Crippen LogP contribution < -0.4 is 9.46 Å². The molecule has 2 aromatic carbocycles. The fourth-order valence-electron chi connectivity index (χ4n) is 2.45. The molecule has 1 unspecified atom stereocenters. The molecular weight excluding hydrogens is 381 g/mol. The highest BCUT2D eigenvalue weighted by atomic mass is 32.2. The number of alkyl halides is 3. The lowest BCUT2D eigenvalue weighted by Gasteiger charge is -2.24. The van der Waals surface area contributed by atoms with Crippen molar-refractivity contribution in [3.8, 4) is 5.75 Å². The molecule has 148 valence electrons. The Bertz CT molecular complexity index is 840. The Morgan fingerprint density at radius 1 is 1.07 bits per heavy atom. The third-order valence-corrected chi connectivity index (χ3v) is 5.32. The number of likely N-dealkylation sites (N-methyl/N-ethyl adjacent to an activating group) is 1. The van der Waals surface area contributed by atoms with Gasteiger partial charge < -0.3 is 9.64 Å². The van der Waals surface area contributed by atoms with Gasteiger partial charge in [-0.05, 0) is 38.2 Å². The predicted molar refractivity (Wildman–Crippen MR) is 95.9 cm³/mol. The van der Waals surface area contributed by atoms with Gasteiger partial charge in [-0.25, -0.2) is 13.1 Å². The molecule has 5 nitrogen and oxygen atoms in total. The van der Waals surface area contributed by atoms with Crippen LogP contribution in [0, 0.1) is 0 Å². The van der Waals surface area contributed by atoms with Crippen LogP contribution in [0.1, 0.15) is 5.56 Å². The van der Waals surface area contributed by atoms with Crippen LogP contribution in [0.2, 0.25) is 0 Å². The van der Waals surface area contributed by atoms with E-state index in [2.05, 4.69) is 9.46 Å². The fourth-order valence-corrected chi connectivity index (χ4v) is 3.56. The first kappa shape index (κ1) is 21.2. The van der Waals surface area contributed by atoms with Crippen molar-refractivity contribution >= 4 is 10.0 Å². The summed E-state index contributed by atoms with van der Waals surface area (Å²) in [5.41, 5.74) is 1.05. The van der Waals surface area contributed by atoms with E-state index in [9.17, 15) is 21.6 Å². The van der Waals surface area contributed by atoms with Crippen LogP contribution in [-0.4, -0.2) is 46.4 Å². The van der Waals surface area contributed by atoms with Crippen molar-refractivity contribution in [2.45, 2.75) is 23.7 Å². The Labute approximate surface area is 156 Å². The van der Waals surface area contributed by atoms with Gasteiger partial charge in [0.05, 0.1) is 4.90 Å². The highest BCUT2D eigenvalue weighted by molar-refractivity contribution is 7.89. The van der Waals surface area contributed by atoms with Gasteiger partial charge in [0, 0.05) is 18.7 Å². The monoisotopic (exact) mass is 402 g/mol. The summed E-state index contributed by atoms with van der Waals surface area (Å²) in [5.74, 6) is -0.584. The standard InChI is InChI=1S/C18H21F3N2O3S/c1-23(2)15(11-14-7-4-3-5-8-14)13-22-27(24,25)17-10-6-9-16(12-17)26-18(19,20)21/h3-10,12,15,22H,11,13H2,1-2H3. The number of sulfonamides is 1. The molecule has 27 heavy (non-hydrogen) atoms. The first-order chi connectivity index (χ1) is 12.6. The maximum Gasteiger partial charge on any atom is 0.573 e. The Balaban J connectivity index is 2.09. The minimum atomic E-state index is -4.89. The Kier molecular flexibility index (Phi) is 6.85. The van der Waals surface area contributed by atoms with Gasteiger partial charge >= 0.3 is 6.36 Å². The van der Waals surface area contributed by atoms with Crippen LogP contribution in [-0.2, 0) is 16.4 Å². The lowest BCUT2D eigenvalue weighted by Crippen LogP contribution is -2.41. The van der Waals surface area contributed by atoms with E-state index in [0.29, 0.717) is 6.42 Å². The SMILES string of the molecule is CN(C)C(CNS(=O)(=O)c1cccc(OC(F)(F)F)c1)Cc1ccccc1. The van der Waals surface area contributed by atoms with Crippen LogP contribution in [0.15, 0.2) is 59.5 Å². The largest absolute Gasteiger partial charge is 0.573 e. The van der Waals surface area contributed by atoms with Gasteiger partial charge in [-0.2, -0.15) is 0 Å². The Morgan fingerprint density at radius 2 is 1.74 bits per heavy atom. The van der Waals surface area contributed by atoms with E-state index in [1.54, 1.807) is 0 Å². The topological polar surface area (TPSA) is 58.6 Å². The van der Waals surface area contributed by atoms with E-state index >= 15 is 0 Å². The molecular formula is C18H21F3N2O3S. The van der Waals surface area contributed by atoms with E-state index in [4.69, 9.17) is 0 Å². The van der Waals surface area contributed by atoms with Gasteiger partial charge in [0.15, 0.2) is 0 Å². The summed E-state index contributed by atoms with van der Waals surface area (Å²) in [7, 11) is -0.317. The molecule has 0 aliphatic rings. The Morgan fingerprint density at radius 3 is 2.33 bits per heavy atom. The van der Waals surface area contributed by atoms with Crippen LogP contribution in [0.25, 0.3) is 0 Å². The molecule has 0 saturated heterocycles. The summed E-state index contributed by atoms with van der Waals surface area (Å²) < 4.78 is 68.1. The molecule has 1 N–H and O–H groups in total. The van der Waals surface area contributed by atoms with Gasteiger partial charge in [0.2, 0.25) is 10.0 Å². The molecule has 0 fully saturated rings. The summed E-state index contributed by atoms with van der Waals surface area (Å²) in [5, 5.41) is 0. The number of halogens is 3. The van der Waals surface area contributed by atoms with Crippen molar-refractivity contribution in [1.82, 2.24) is 9.62 Å². The molecule has 0 saturated carbocycles. The lowest BCUT2D eigenvalue weighted by molar-refractivity contribution is -0.274. The number of nitrogens with zero attached hydrogens (tertiary/aromatic N) is 1. The van der Waals surface area contributed by atoms with Gasteiger partial charge in [0.1, 0.15) is 5.75 Å². The normalized spacial score (nSPS) is 13.6. The molecule has 0 aromatic heterocycles. The smallest absolute Gasteiger partial charge is 0.406 e. The first-order valence-electron chi connectivity index (χ1n) is 8.13. The number of nitrogens with one attached hydrogen (secondary N) is 1. The zero-order valence-corrected chi connectivity index (χ0v) is 15.7. The van der Waals surface area contributed by atoms with Gasteiger partial charge in [-0.3, -0.25) is 0 Å². The molecule has 0 spiro atoms. The van der Waals surface area contributed by atoms with E-state index in [1.807, 2.05) is 49.3 Å². The summed E-state index contributed by atoms with van der Waals surface area (Å²) in [4.78, 5) is 1.60. The average molecular weight is 402 g/mol. The fraction of sp³-hybridized carbons (Fsp3) is 0.333. The maximum absolute atomic E-state index is 12.5. The number of rotatable bonds is 8. The van der Waals surface area contributed by atoms with Crippen molar-refractivity contribution in [3.05, 3.63) is 60.2 Å². The van der Waals surface area contributed by atoms with E-state index in [-0.39, 0.29) is 17.5 Å². The third-order valence-electron chi connectivity index (χ3n) is 3.90. The van der Waals surface area contributed by atoms with Crippen molar-refractivity contribution in [2.75, 3.05) is 20.6 Å². The highest BCUT2D eigenvalue weighted by Crippen LogP contribution is 2.24. The number of hydrogen-bond donors (Lipinski definition) is 1. The number of hydrogen-bond acceptors (Lipinski definition) is 4. The van der Waals surface area contributed by atoms with Crippen LogP contribution in [0.3, 0.4) is 0 Å². The molecule has 0 radical (unpaired) electrons. The minimum Gasteiger partial charge on any atom is -0.406 e. The molecule has 0 bridgehead atoms. The van der Waals surface area contributed by atoms with E-state index in [0.717, 1.165) is 17.7 Å². The third kappa shape index (κ3) is 6.85. The molecule has 2 rings (SSSR count). The van der Waals surface area contributed by atoms with Gasteiger partial charge in [0.25, 0.3) is 0 Å². The van der Waals surface area contributed by atoms with Gasteiger partial charge in [-0.15, -0.1) is 13.2 Å². The molecule has 0 aliphatic carbocycles. The van der Waals surface area contributed by atoms with Gasteiger partial charge in [-0.1, -0.05) is 36.4 Å². The van der Waals surface area contributed by atoms with Crippen molar-refractivity contribution in [3.63, 3.8) is 0 Å². The van der Waals surface area contributed by atoms with Crippen molar-refractivity contribution < 1.29 is 26.3 Å². The number of ether oxygens (including phenoxy) is 1. The summed E-state index contributed by atoms with van der Waals surface area (Å²) in [6.45, 7) is 0.106. The van der Waals surface area contributed by atoms with Crippen molar-refractivity contribution in [2.24, 2.45) is 0 Å².